The van der Waals surface area contributed by atoms with Crippen LogP contribution in [0.1, 0.15) is 6.92 Å². The van der Waals surface area contributed by atoms with E-state index in [9.17, 15) is 4.79 Å². The zero-order chi connectivity index (χ0) is 16.9. The molecule has 3 rings (SSSR count). The third-order valence-electron chi connectivity index (χ3n) is 3.24. The monoisotopic (exact) mass is 345 g/mol. The van der Waals surface area contributed by atoms with Crippen molar-refractivity contribution in [3.05, 3.63) is 54.3 Å². The number of carbonyl (C=O) groups is 1. The highest BCUT2D eigenvalue weighted by molar-refractivity contribution is 6.32. The van der Waals surface area contributed by atoms with Crippen LogP contribution in [0.5, 0.6) is 0 Å². The van der Waals surface area contributed by atoms with Crippen LogP contribution in [0.25, 0.3) is 5.69 Å². The van der Waals surface area contributed by atoms with Crippen molar-refractivity contribution in [3.63, 3.8) is 0 Å². The minimum atomic E-state index is -0.318. The van der Waals surface area contributed by atoms with Crippen molar-refractivity contribution in [3.8, 4) is 5.69 Å². The van der Waals surface area contributed by atoms with Gasteiger partial charge in [-0.1, -0.05) is 23.7 Å². The summed E-state index contributed by atoms with van der Waals surface area (Å²) in [5.41, 5.74) is 1.31. The largest absolute Gasteiger partial charge is 0.334 e. The lowest BCUT2D eigenvalue weighted by Gasteiger charge is -2.13. The molecule has 0 bridgehead atoms. The highest BCUT2D eigenvalue weighted by Gasteiger charge is 2.10. The smallest absolute Gasteiger partial charge is 0.319 e. The molecule has 1 aromatic carbocycles. The van der Waals surface area contributed by atoms with Crippen LogP contribution in [-0.4, -0.2) is 36.6 Å². The van der Waals surface area contributed by atoms with Crippen molar-refractivity contribution in [2.24, 2.45) is 0 Å². The Labute approximate surface area is 143 Å². The fourth-order valence-electron chi connectivity index (χ4n) is 2.20. The van der Waals surface area contributed by atoms with Crippen LogP contribution in [0, 0.1) is 0 Å². The van der Waals surface area contributed by atoms with Crippen LogP contribution in [0.4, 0.5) is 10.5 Å². The van der Waals surface area contributed by atoms with E-state index in [0.29, 0.717) is 17.3 Å². The second-order valence-corrected chi connectivity index (χ2v) is 5.65. The summed E-state index contributed by atoms with van der Waals surface area (Å²) >= 11 is 6.14. The number of rotatable bonds is 5. The molecule has 124 valence electrons. The van der Waals surface area contributed by atoms with Gasteiger partial charge in [-0.05, 0) is 19.1 Å². The predicted octanol–water partition coefficient (Wildman–Crippen LogP) is 2.33. The number of halogens is 1. The Morgan fingerprint density at radius 3 is 2.92 bits per heavy atom. The van der Waals surface area contributed by atoms with E-state index in [1.807, 2.05) is 25.1 Å². The van der Waals surface area contributed by atoms with Gasteiger partial charge in [0.25, 0.3) is 0 Å². The van der Waals surface area contributed by atoms with Crippen LogP contribution >= 0.6 is 11.6 Å². The van der Waals surface area contributed by atoms with E-state index in [2.05, 4.69) is 25.8 Å². The van der Waals surface area contributed by atoms with Gasteiger partial charge in [0.15, 0.2) is 0 Å². The van der Waals surface area contributed by atoms with Crippen molar-refractivity contribution < 1.29 is 4.79 Å². The second-order valence-electron chi connectivity index (χ2n) is 5.24. The lowest BCUT2D eigenvalue weighted by molar-refractivity contribution is 0.247. The molecule has 0 spiro atoms. The molecule has 0 saturated heterocycles. The molecule has 0 aliphatic rings. The summed E-state index contributed by atoms with van der Waals surface area (Å²) < 4.78 is 3.26. The number of amides is 2. The first-order valence-electron chi connectivity index (χ1n) is 7.31. The number of para-hydroxylation sites is 1. The predicted molar refractivity (Wildman–Crippen MR) is 90.2 cm³/mol. The summed E-state index contributed by atoms with van der Waals surface area (Å²) in [5, 5.41) is 14.4. The molecule has 8 nitrogen and oxygen atoms in total. The first-order valence-corrected chi connectivity index (χ1v) is 7.69. The molecule has 3 aromatic rings. The summed E-state index contributed by atoms with van der Waals surface area (Å²) in [7, 11) is 0. The highest BCUT2D eigenvalue weighted by atomic mass is 35.5. The molecule has 2 aromatic heterocycles. The van der Waals surface area contributed by atoms with Crippen molar-refractivity contribution in [1.29, 1.82) is 0 Å². The topological polar surface area (TPSA) is 89.7 Å². The van der Waals surface area contributed by atoms with Gasteiger partial charge in [-0.15, -0.1) is 0 Å². The van der Waals surface area contributed by atoms with E-state index >= 15 is 0 Å². The highest BCUT2D eigenvalue weighted by Crippen LogP contribution is 2.20. The molecule has 0 fully saturated rings. The third kappa shape index (κ3) is 3.90. The summed E-state index contributed by atoms with van der Waals surface area (Å²) in [4.78, 5) is 15.9. The maximum Gasteiger partial charge on any atom is 0.319 e. The average Bonchev–Trinajstić information content (AvgIpc) is 3.19. The van der Waals surface area contributed by atoms with Crippen LogP contribution < -0.4 is 10.6 Å². The van der Waals surface area contributed by atoms with Crippen molar-refractivity contribution >= 4 is 23.3 Å². The van der Waals surface area contributed by atoms with Gasteiger partial charge in [0.2, 0.25) is 0 Å². The fraction of sp³-hybridized carbons (Fsp3) is 0.200. The molecular formula is C15H16ClN7O. The molecule has 1 unspecified atom stereocenters. The number of carbonyl (C=O) groups excluding carboxylic acids is 1. The van der Waals surface area contributed by atoms with Gasteiger partial charge < -0.3 is 10.6 Å². The average molecular weight is 346 g/mol. The maximum absolute atomic E-state index is 12.0. The fourth-order valence-corrected chi connectivity index (χ4v) is 2.42. The van der Waals surface area contributed by atoms with Gasteiger partial charge in [-0.2, -0.15) is 10.2 Å². The SMILES string of the molecule is CC(Cn1cncn1)NC(=O)Nc1cnn(-c2ccccc2Cl)c1. The van der Waals surface area contributed by atoms with E-state index in [-0.39, 0.29) is 12.1 Å². The Bertz CT molecular complexity index is 815. The summed E-state index contributed by atoms with van der Waals surface area (Å²) in [5.74, 6) is 0. The zero-order valence-corrected chi connectivity index (χ0v) is 13.7. The molecule has 0 radical (unpaired) electrons. The molecule has 0 aliphatic carbocycles. The Morgan fingerprint density at radius 1 is 1.33 bits per heavy atom. The number of nitrogens with one attached hydrogen (secondary N) is 2. The number of hydrogen-bond acceptors (Lipinski definition) is 4. The van der Waals surface area contributed by atoms with E-state index in [1.54, 1.807) is 34.2 Å². The summed E-state index contributed by atoms with van der Waals surface area (Å²) in [6.07, 6.45) is 6.31. The molecule has 0 aliphatic heterocycles. The number of urea groups is 1. The minimum absolute atomic E-state index is 0.106. The van der Waals surface area contributed by atoms with Gasteiger partial charge in [0.05, 0.1) is 35.3 Å². The number of hydrogen-bond donors (Lipinski definition) is 2. The van der Waals surface area contributed by atoms with E-state index in [4.69, 9.17) is 11.6 Å². The van der Waals surface area contributed by atoms with E-state index in [0.717, 1.165) is 5.69 Å². The summed E-state index contributed by atoms with van der Waals surface area (Å²) in [6, 6.07) is 6.92. The van der Waals surface area contributed by atoms with Crippen molar-refractivity contribution in [1.82, 2.24) is 29.9 Å². The van der Waals surface area contributed by atoms with Crippen LogP contribution in [0.15, 0.2) is 49.3 Å². The Balaban J connectivity index is 1.58. The second kappa shape index (κ2) is 7.14. The van der Waals surface area contributed by atoms with Gasteiger partial charge >= 0.3 is 6.03 Å². The molecule has 2 N–H and O–H groups in total. The Morgan fingerprint density at radius 2 is 2.17 bits per heavy atom. The quantitative estimate of drug-likeness (QED) is 0.742. The molecule has 2 heterocycles. The minimum Gasteiger partial charge on any atom is -0.334 e. The van der Waals surface area contributed by atoms with Gasteiger partial charge in [0.1, 0.15) is 12.7 Å². The normalized spacial score (nSPS) is 11.9. The lowest BCUT2D eigenvalue weighted by atomic mass is 10.3. The van der Waals surface area contributed by atoms with Crippen molar-refractivity contribution in [2.45, 2.75) is 19.5 Å². The number of benzene rings is 1. The van der Waals surface area contributed by atoms with Crippen LogP contribution in [0.3, 0.4) is 0 Å². The van der Waals surface area contributed by atoms with Crippen molar-refractivity contribution in [2.75, 3.05) is 5.32 Å². The van der Waals surface area contributed by atoms with E-state index < -0.39 is 0 Å². The lowest BCUT2D eigenvalue weighted by Crippen LogP contribution is -2.38. The number of anilines is 1. The Hall–Kier alpha value is -2.87. The molecular weight excluding hydrogens is 330 g/mol. The van der Waals surface area contributed by atoms with Crippen LogP contribution in [0.2, 0.25) is 5.02 Å². The van der Waals surface area contributed by atoms with Gasteiger partial charge in [-0.3, -0.25) is 4.68 Å². The molecule has 0 saturated carbocycles. The summed E-state index contributed by atoms with van der Waals surface area (Å²) in [6.45, 7) is 2.42. The van der Waals surface area contributed by atoms with Crippen LogP contribution in [-0.2, 0) is 6.54 Å². The number of nitrogens with zero attached hydrogens (tertiary/aromatic N) is 5. The molecule has 9 heteroatoms. The van der Waals surface area contributed by atoms with Gasteiger partial charge in [0, 0.05) is 6.04 Å². The standard InChI is InChI=1S/C15H16ClN7O/c1-11(7-22-10-17-9-19-22)20-15(24)21-12-6-18-23(8-12)14-5-3-2-4-13(14)16/h2-6,8-11H,7H2,1H3,(H2,20,21,24). The maximum atomic E-state index is 12.0. The van der Waals surface area contributed by atoms with E-state index in [1.165, 1.54) is 6.33 Å². The zero-order valence-electron chi connectivity index (χ0n) is 12.9. The Kier molecular flexibility index (Phi) is 4.76. The molecule has 2 amide bonds. The third-order valence-corrected chi connectivity index (χ3v) is 3.56. The molecule has 1 atom stereocenters. The van der Waals surface area contributed by atoms with Gasteiger partial charge in [-0.25, -0.2) is 14.5 Å². The first-order chi connectivity index (χ1) is 11.6. The number of aromatic nitrogens is 5. The molecule has 24 heavy (non-hydrogen) atoms. The first kappa shape index (κ1) is 16.0.